The molecule has 0 aromatic heterocycles. The van der Waals surface area contributed by atoms with Gasteiger partial charge in [0.05, 0.1) is 23.7 Å². The summed E-state index contributed by atoms with van der Waals surface area (Å²) in [7, 11) is -3.64. The molecule has 47 heavy (non-hydrogen) atoms. The van der Waals surface area contributed by atoms with Crippen molar-refractivity contribution in [3.05, 3.63) is 138 Å². The summed E-state index contributed by atoms with van der Waals surface area (Å²) in [5.41, 5.74) is 5.68. The van der Waals surface area contributed by atoms with E-state index >= 15 is 0 Å². The second-order valence-corrected chi connectivity index (χ2v) is 14.2. The van der Waals surface area contributed by atoms with E-state index < -0.39 is 16.3 Å². The fourth-order valence-electron chi connectivity index (χ4n) is 6.73. The number of benzene rings is 4. The molecule has 1 saturated carbocycles. The van der Waals surface area contributed by atoms with Crippen molar-refractivity contribution in [3.8, 4) is 11.1 Å². The molecular weight excluding hydrogens is 609 g/mol. The Bertz CT molecular complexity index is 1700. The maximum absolute atomic E-state index is 12.9. The van der Waals surface area contributed by atoms with Gasteiger partial charge in [-0.05, 0) is 52.8 Å². The van der Waals surface area contributed by atoms with E-state index in [0.717, 1.165) is 52.9 Å². The van der Waals surface area contributed by atoms with E-state index in [-0.39, 0.29) is 30.3 Å². The summed E-state index contributed by atoms with van der Waals surface area (Å²) in [6.07, 6.45) is 6.95. The molecule has 4 aromatic carbocycles. The minimum atomic E-state index is -3.64. The molecule has 0 bridgehead atoms. The fraction of sp³-hybridized carbons (Fsp3) is 0.333. The van der Waals surface area contributed by atoms with E-state index in [1.807, 2.05) is 78.9 Å². The predicted molar refractivity (Wildman–Crippen MR) is 185 cm³/mol. The van der Waals surface area contributed by atoms with Gasteiger partial charge in [0.25, 0.3) is 0 Å². The summed E-state index contributed by atoms with van der Waals surface area (Å²) in [5, 5.41) is 9.56. The Hall–Kier alpha value is -3.63. The molecule has 1 aliphatic carbocycles. The fourth-order valence-corrected chi connectivity index (χ4v) is 7.76. The lowest BCUT2D eigenvalue weighted by atomic mass is 9.97. The van der Waals surface area contributed by atoms with Crippen LogP contribution in [0, 0.1) is 0 Å². The maximum Gasteiger partial charge on any atom is 0.240 e. The first kappa shape index (κ1) is 33.3. The van der Waals surface area contributed by atoms with Crippen LogP contribution >= 0.6 is 0 Å². The van der Waals surface area contributed by atoms with Crippen molar-refractivity contribution in [1.29, 1.82) is 0 Å². The third-order valence-corrected chi connectivity index (χ3v) is 10.7. The molecule has 2 N–H and O–H groups in total. The zero-order valence-electron chi connectivity index (χ0n) is 26.7. The zero-order valence-corrected chi connectivity index (χ0v) is 27.5. The monoisotopic (exact) mass is 652 g/mol. The standard InChI is InChI=1S/C39H44N2O5S/c1-2-24-41(34-11-7-8-12-34)27-35-25-38(31-18-16-29(28-42)17-19-31)46-39(45-35)32-22-20-30(21-23-32)37-15-9-6-10-33(37)26-40-47(43,44)36-13-4-3-5-14-36/h2-6,9-10,13-23,34-35,38-40,42H,1,7-8,11-12,24-28H2. The average molecular weight is 653 g/mol. The van der Waals surface area contributed by atoms with E-state index in [1.54, 1.807) is 30.3 Å². The van der Waals surface area contributed by atoms with E-state index in [9.17, 15) is 13.5 Å². The summed E-state index contributed by atoms with van der Waals surface area (Å²) in [5.74, 6) is 0. The number of aliphatic hydroxyl groups is 1. The van der Waals surface area contributed by atoms with Crippen molar-refractivity contribution < 1.29 is 23.0 Å². The van der Waals surface area contributed by atoms with E-state index in [2.05, 4.69) is 16.2 Å². The maximum atomic E-state index is 12.9. The van der Waals surface area contributed by atoms with Gasteiger partial charge in [-0.15, -0.1) is 6.58 Å². The first-order valence-electron chi connectivity index (χ1n) is 16.5. The lowest BCUT2D eigenvalue weighted by molar-refractivity contribution is -0.253. The van der Waals surface area contributed by atoms with Gasteiger partial charge in [0, 0.05) is 37.7 Å². The van der Waals surface area contributed by atoms with Crippen LogP contribution in [0.1, 0.15) is 66.8 Å². The van der Waals surface area contributed by atoms with Crippen LogP contribution in [0.5, 0.6) is 0 Å². The molecule has 2 aliphatic rings. The molecule has 1 aliphatic heterocycles. The Labute approximate surface area is 278 Å². The van der Waals surface area contributed by atoms with Gasteiger partial charge in [0.2, 0.25) is 10.0 Å². The third kappa shape index (κ3) is 8.27. The van der Waals surface area contributed by atoms with Crippen LogP contribution in [0.3, 0.4) is 0 Å². The molecule has 3 unspecified atom stereocenters. The number of hydrogen-bond donors (Lipinski definition) is 2. The van der Waals surface area contributed by atoms with Crippen LogP contribution in [0.4, 0.5) is 0 Å². The molecule has 2 fully saturated rings. The Morgan fingerprint density at radius 2 is 1.53 bits per heavy atom. The molecule has 8 heteroatoms. The minimum absolute atomic E-state index is 0.00639. The molecule has 6 rings (SSSR count). The highest BCUT2D eigenvalue weighted by atomic mass is 32.2. The van der Waals surface area contributed by atoms with Crippen LogP contribution < -0.4 is 4.72 Å². The van der Waals surface area contributed by atoms with Crippen LogP contribution in [0.15, 0.2) is 121 Å². The summed E-state index contributed by atoms with van der Waals surface area (Å²) < 4.78 is 41.8. The van der Waals surface area contributed by atoms with Gasteiger partial charge in [0.1, 0.15) is 0 Å². The number of hydrogen-bond acceptors (Lipinski definition) is 6. The van der Waals surface area contributed by atoms with Crippen LogP contribution in [-0.2, 0) is 32.6 Å². The highest BCUT2D eigenvalue weighted by Gasteiger charge is 2.34. The van der Waals surface area contributed by atoms with Crippen molar-refractivity contribution in [3.63, 3.8) is 0 Å². The number of ether oxygens (including phenoxy) is 2. The normalized spacial score (nSPS) is 20.4. The number of nitrogens with zero attached hydrogens (tertiary/aromatic N) is 1. The molecule has 0 spiro atoms. The number of nitrogens with one attached hydrogen (secondary N) is 1. The lowest BCUT2D eigenvalue weighted by Gasteiger charge is -2.39. The summed E-state index contributed by atoms with van der Waals surface area (Å²) >= 11 is 0. The van der Waals surface area contributed by atoms with Crippen molar-refractivity contribution in [2.75, 3.05) is 13.1 Å². The summed E-state index contributed by atoms with van der Waals surface area (Å²) in [6, 6.07) is 33.0. The second kappa shape index (κ2) is 15.5. The Morgan fingerprint density at radius 3 is 2.23 bits per heavy atom. The summed E-state index contributed by atoms with van der Waals surface area (Å²) in [4.78, 5) is 2.76. The molecule has 7 nitrogen and oxygen atoms in total. The van der Waals surface area contributed by atoms with Crippen LogP contribution in [0.25, 0.3) is 11.1 Å². The molecule has 0 amide bonds. The minimum Gasteiger partial charge on any atom is -0.392 e. The highest BCUT2D eigenvalue weighted by Crippen LogP contribution is 2.39. The van der Waals surface area contributed by atoms with E-state index in [0.29, 0.717) is 6.04 Å². The summed E-state index contributed by atoms with van der Waals surface area (Å²) in [6.45, 7) is 5.85. The lowest BCUT2D eigenvalue weighted by Crippen LogP contribution is -2.43. The Balaban J connectivity index is 1.21. The van der Waals surface area contributed by atoms with Crippen molar-refractivity contribution >= 4 is 10.0 Å². The molecule has 3 atom stereocenters. The van der Waals surface area contributed by atoms with Gasteiger partial charge in [-0.1, -0.05) is 110 Å². The molecule has 246 valence electrons. The van der Waals surface area contributed by atoms with Gasteiger partial charge >= 0.3 is 0 Å². The Kier molecular flexibility index (Phi) is 11.0. The quantitative estimate of drug-likeness (QED) is 0.147. The number of aliphatic hydroxyl groups excluding tert-OH is 1. The highest BCUT2D eigenvalue weighted by molar-refractivity contribution is 7.89. The smallest absolute Gasteiger partial charge is 0.240 e. The van der Waals surface area contributed by atoms with Gasteiger partial charge in [-0.2, -0.15) is 0 Å². The predicted octanol–water partition coefficient (Wildman–Crippen LogP) is 7.30. The van der Waals surface area contributed by atoms with Gasteiger partial charge in [-0.25, -0.2) is 13.1 Å². The zero-order chi connectivity index (χ0) is 32.6. The van der Waals surface area contributed by atoms with Crippen LogP contribution in [0.2, 0.25) is 0 Å². The molecule has 4 aromatic rings. The second-order valence-electron chi connectivity index (χ2n) is 12.4. The van der Waals surface area contributed by atoms with Crippen molar-refractivity contribution in [2.24, 2.45) is 0 Å². The third-order valence-electron chi connectivity index (χ3n) is 9.28. The molecule has 1 heterocycles. The first-order chi connectivity index (χ1) is 22.9. The van der Waals surface area contributed by atoms with Gasteiger partial charge in [-0.3, -0.25) is 4.90 Å². The van der Waals surface area contributed by atoms with E-state index in [1.165, 1.54) is 25.7 Å². The number of sulfonamides is 1. The molecule has 0 radical (unpaired) electrons. The van der Waals surface area contributed by atoms with E-state index in [4.69, 9.17) is 9.47 Å². The molecule has 1 saturated heterocycles. The largest absolute Gasteiger partial charge is 0.392 e. The van der Waals surface area contributed by atoms with Gasteiger partial charge in [0.15, 0.2) is 6.29 Å². The van der Waals surface area contributed by atoms with Crippen molar-refractivity contribution in [1.82, 2.24) is 9.62 Å². The average Bonchev–Trinajstić information content (AvgIpc) is 3.67. The molecular formula is C39H44N2O5S. The SMILES string of the molecule is C=CCN(CC1CC(c2ccc(CO)cc2)OC(c2ccc(-c3ccccc3CNS(=O)(=O)c3ccccc3)cc2)O1)C1CCCC1. The van der Waals surface area contributed by atoms with Gasteiger partial charge < -0.3 is 14.6 Å². The topological polar surface area (TPSA) is 88.1 Å². The van der Waals surface area contributed by atoms with Crippen LogP contribution in [-0.4, -0.2) is 43.7 Å². The first-order valence-corrected chi connectivity index (χ1v) is 18.0. The van der Waals surface area contributed by atoms with Crippen molar-refractivity contribution in [2.45, 2.75) is 74.7 Å². The number of rotatable bonds is 13. The Morgan fingerprint density at radius 1 is 0.851 bits per heavy atom.